The van der Waals surface area contributed by atoms with E-state index in [-0.39, 0.29) is 11.9 Å². The number of aliphatic hydroxyl groups is 1. The lowest BCUT2D eigenvalue weighted by Crippen LogP contribution is -2.52. The molecular weight excluding hydrogens is 353 g/mol. The molecule has 1 saturated heterocycles. The molecule has 1 aliphatic rings. The van der Waals surface area contributed by atoms with Crippen LogP contribution < -0.4 is 21.3 Å². The van der Waals surface area contributed by atoms with E-state index in [9.17, 15) is 18.0 Å². The van der Waals surface area contributed by atoms with Gasteiger partial charge in [0.25, 0.3) is 0 Å². The standard InChI is InChI=1S/C16H27F3N4O3/c1-10(13(20-3)23-15(25)16(17,18)19)4-5-11(2)14(24)22-8-12-9-26-7-6-21-12/h4-5,12-13,15,20-21,23,25H,6-9H2,1-3H3,(H,22,24)/b10-4+,11-5+. The number of hydrogen-bond acceptors (Lipinski definition) is 6. The van der Waals surface area contributed by atoms with Gasteiger partial charge >= 0.3 is 6.18 Å². The summed E-state index contributed by atoms with van der Waals surface area (Å²) in [5.74, 6) is -0.272. The Morgan fingerprint density at radius 1 is 1.38 bits per heavy atom. The first kappa shape index (κ1) is 22.6. The zero-order valence-electron chi connectivity index (χ0n) is 15.1. The third-order valence-corrected chi connectivity index (χ3v) is 3.84. The van der Waals surface area contributed by atoms with Gasteiger partial charge in [-0.15, -0.1) is 0 Å². The Balaban J connectivity index is 2.57. The van der Waals surface area contributed by atoms with Crippen molar-refractivity contribution in [3.05, 3.63) is 23.3 Å². The molecular formula is C16H27F3N4O3. The Bertz CT molecular complexity index is 517. The molecule has 1 amide bonds. The fraction of sp³-hybridized carbons (Fsp3) is 0.688. The molecule has 0 spiro atoms. The Morgan fingerprint density at radius 2 is 2.08 bits per heavy atom. The first-order chi connectivity index (χ1) is 12.1. The average molecular weight is 380 g/mol. The van der Waals surface area contributed by atoms with E-state index in [1.807, 2.05) is 5.32 Å². The molecule has 1 aliphatic heterocycles. The summed E-state index contributed by atoms with van der Waals surface area (Å²) in [5.41, 5.74) is 0.887. The lowest BCUT2D eigenvalue weighted by Gasteiger charge is -2.24. The first-order valence-electron chi connectivity index (χ1n) is 8.27. The summed E-state index contributed by atoms with van der Waals surface area (Å²) in [6.07, 6.45) is -5.28. The van der Waals surface area contributed by atoms with Crippen LogP contribution >= 0.6 is 0 Å². The zero-order valence-corrected chi connectivity index (χ0v) is 15.1. The Kier molecular flexibility index (Phi) is 9.23. The van der Waals surface area contributed by atoms with E-state index in [2.05, 4.69) is 16.0 Å². The van der Waals surface area contributed by atoms with E-state index >= 15 is 0 Å². The maximum Gasteiger partial charge on any atom is 0.428 e. The molecule has 3 atom stereocenters. The van der Waals surface area contributed by atoms with Crippen molar-refractivity contribution in [1.82, 2.24) is 21.3 Å². The topological polar surface area (TPSA) is 94.7 Å². The molecule has 0 aromatic heterocycles. The van der Waals surface area contributed by atoms with Crippen LogP contribution in [0.15, 0.2) is 23.3 Å². The van der Waals surface area contributed by atoms with Crippen molar-refractivity contribution in [2.24, 2.45) is 0 Å². The van der Waals surface area contributed by atoms with Gasteiger partial charge in [-0.3, -0.25) is 10.1 Å². The number of hydrogen-bond donors (Lipinski definition) is 5. The number of amides is 1. The van der Waals surface area contributed by atoms with Crippen LogP contribution in [0, 0.1) is 0 Å². The molecule has 7 nitrogen and oxygen atoms in total. The minimum Gasteiger partial charge on any atom is -0.378 e. The number of carbonyl (C=O) groups is 1. The predicted octanol–water partition coefficient (Wildman–Crippen LogP) is -0.000600. The van der Waals surface area contributed by atoms with Gasteiger partial charge in [0.2, 0.25) is 12.1 Å². The number of nitrogens with one attached hydrogen (secondary N) is 4. The second kappa shape index (κ2) is 10.6. The maximum atomic E-state index is 12.4. The van der Waals surface area contributed by atoms with Gasteiger partial charge in [-0.2, -0.15) is 13.2 Å². The summed E-state index contributed by atoms with van der Waals surface area (Å²) in [5, 5.41) is 19.7. The van der Waals surface area contributed by atoms with Gasteiger partial charge in [-0.1, -0.05) is 12.2 Å². The number of allylic oxidation sites excluding steroid dienone is 2. The number of likely N-dealkylation sites (N-methyl/N-ethyl adjacent to an activating group) is 1. The van der Waals surface area contributed by atoms with Gasteiger partial charge in [0.05, 0.1) is 19.4 Å². The predicted molar refractivity (Wildman–Crippen MR) is 91.2 cm³/mol. The van der Waals surface area contributed by atoms with Gasteiger partial charge in [-0.25, -0.2) is 0 Å². The molecule has 1 heterocycles. The summed E-state index contributed by atoms with van der Waals surface area (Å²) in [6, 6.07) is 0.0551. The van der Waals surface area contributed by atoms with Crippen molar-refractivity contribution in [1.29, 1.82) is 0 Å². The van der Waals surface area contributed by atoms with Gasteiger partial charge < -0.3 is 25.8 Å². The molecule has 1 fully saturated rings. The highest BCUT2D eigenvalue weighted by Crippen LogP contribution is 2.19. The Labute approximate surface area is 151 Å². The molecule has 0 aromatic rings. The van der Waals surface area contributed by atoms with Gasteiger partial charge in [-0.05, 0) is 26.5 Å². The molecule has 0 aliphatic carbocycles. The smallest absolute Gasteiger partial charge is 0.378 e. The first-order valence-corrected chi connectivity index (χ1v) is 8.27. The quantitative estimate of drug-likeness (QED) is 0.231. The zero-order chi connectivity index (χ0) is 19.7. The van der Waals surface area contributed by atoms with Crippen LogP contribution in [-0.4, -0.2) is 69.0 Å². The minimum absolute atomic E-state index is 0.0551. The average Bonchev–Trinajstić information content (AvgIpc) is 2.61. The summed E-state index contributed by atoms with van der Waals surface area (Å²) >= 11 is 0. The lowest BCUT2D eigenvalue weighted by molar-refractivity contribution is -0.215. The van der Waals surface area contributed by atoms with Gasteiger partial charge in [0.15, 0.2) is 0 Å². The van der Waals surface area contributed by atoms with Gasteiger partial charge in [0.1, 0.15) is 0 Å². The van der Waals surface area contributed by atoms with Crippen molar-refractivity contribution in [3.8, 4) is 0 Å². The van der Waals surface area contributed by atoms with Crippen molar-refractivity contribution in [3.63, 3.8) is 0 Å². The third-order valence-electron chi connectivity index (χ3n) is 3.84. The molecule has 0 bridgehead atoms. The normalized spacial score (nSPS) is 22.0. The van der Waals surface area contributed by atoms with E-state index in [0.29, 0.717) is 30.9 Å². The van der Waals surface area contributed by atoms with Crippen LogP contribution in [0.5, 0.6) is 0 Å². The SMILES string of the molecule is CNC(NC(O)C(F)(F)F)/C(C)=C/C=C(\C)C(=O)NCC1COCCN1. The largest absolute Gasteiger partial charge is 0.428 e. The van der Waals surface area contributed by atoms with Crippen LogP contribution in [-0.2, 0) is 9.53 Å². The number of carbonyl (C=O) groups excluding carboxylic acids is 1. The number of rotatable bonds is 8. The summed E-state index contributed by atoms with van der Waals surface area (Å²) in [7, 11) is 1.46. The van der Waals surface area contributed by atoms with Crippen molar-refractivity contribution in [2.45, 2.75) is 38.5 Å². The van der Waals surface area contributed by atoms with E-state index < -0.39 is 18.6 Å². The van der Waals surface area contributed by atoms with E-state index in [0.717, 1.165) is 6.54 Å². The molecule has 0 aromatic carbocycles. The highest BCUT2D eigenvalue weighted by Gasteiger charge is 2.39. The number of halogens is 3. The lowest BCUT2D eigenvalue weighted by atomic mass is 10.1. The van der Waals surface area contributed by atoms with E-state index in [1.54, 1.807) is 13.8 Å². The fourth-order valence-corrected chi connectivity index (χ4v) is 2.23. The monoisotopic (exact) mass is 380 g/mol. The van der Waals surface area contributed by atoms with E-state index in [4.69, 9.17) is 9.84 Å². The highest BCUT2D eigenvalue weighted by molar-refractivity contribution is 5.93. The number of ether oxygens (including phenoxy) is 1. The molecule has 10 heteroatoms. The second-order valence-corrected chi connectivity index (χ2v) is 6.03. The number of alkyl halides is 3. The summed E-state index contributed by atoms with van der Waals surface area (Å²) in [4.78, 5) is 12.0. The van der Waals surface area contributed by atoms with Crippen LogP contribution in [0.25, 0.3) is 0 Å². The van der Waals surface area contributed by atoms with E-state index in [1.165, 1.54) is 19.2 Å². The van der Waals surface area contributed by atoms with Gasteiger partial charge in [0, 0.05) is 24.7 Å². The molecule has 0 radical (unpaired) electrons. The van der Waals surface area contributed by atoms with Crippen molar-refractivity contribution < 1.29 is 27.8 Å². The van der Waals surface area contributed by atoms with Crippen molar-refractivity contribution in [2.75, 3.05) is 33.4 Å². The number of morpholine rings is 1. The minimum atomic E-state index is -4.77. The molecule has 26 heavy (non-hydrogen) atoms. The van der Waals surface area contributed by atoms with Crippen molar-refractivity contribution >= 4 is 5.91 Å². The van der Waals surface area contributed by atoms with Crippen LogP contribution in [0.4, 0.5) is 13.2 Å². The van der Waals surface area contributed by atoms with Crippen LogP contribution in [0.1, 0.15) is 13.8 Å². The summed E-state index contributed by atoms with van der Waals surface area (Å²) in [6.45, 7) is 5.53. The molecule has 5 N–H and O–H groups in total. The number of aliphatic hydroxyl groups excluding tert-OH is 1. The Hall–Kier alpha value is -1.46. The summed E-state index contributed by atoms with van der Waals surface area (Å²) < 4.78 is 42.6. The molecule has 1 rings (SSSR count). The third kappa shape index (κ3) is 7.83. The fourth-order valence-electron chi connectivity index (χ4n) is 2.23. The van der Waals surface area contributed by atoms with Crippen LogP contribution in [0.3, 0.4) is 0 Å². The van der Waals surface area contributed by atoms with Crippen LogP contribution in [0.2, 0.25) is 0 Å². The maximum absolute atomic E-state index is 12.4. The Morgan fingerprint density at radius 3 is 2.62 bits per heavy atom. The molecule has 0 saturated carbocycles. The highest BCUT2D eigenvalue weighted by atomic mass is 19.4. The molecule has 3 unspecified atom stereocenters. The second-order valence-electron chi connectivity index (χ2n) is 6.03. The molecule has 150 valence electrons.